The summed E-state index contributed by atoms with van der Waals surface area (Å²) < 4.78 is 5.53. The third-order valence-electron chi connectivity index (χ3n) is 3.10. The Bertz CT molecular complexity index is 816. The third kappa shape index (κ3) is 1.97. The summed E-state index contributed by atoms with van der Waals surface area (Å²) in [5, 5.41) is 10.00. The van der Waals surface area contributed by atoms with Crippen LogP contribution in [-0.2, 0) is 0 Å². The highest BCUT2D eigenvalue weighted by Crippen LogP contribution is 2.31. The van der Waals surface area contributed by atoms with Gasteiger partial charge < -0.3 is 9.32 Å². The molecule has 0 saturated heterocycles. The van der Waals surface area contributed by atoms with E-state index in [1.54, 1.807) is 19.3 Å². The predicted octanol–water partition coefficient (Wildman–Crippen LogP) is 3.17. The summed E-state index contributed by atoms with van der Waals surface area (Å²) in [5.74, 6) is 1.24. The summed E-state index contributed by atoms with van der Waals surface area (Å²) >= 11 is 0. The van der Waals surface area contributed by atoms with Gasteiger partial charge in [0.25, 0.3) is 0 Å². The lowest BCUT2D eigenvalue weighted by atomic mass is 10.2. The molecule has 0 unspecified atom stereocenters. The number of benzene rings is 1. The van der Waals surface area contributed by atoms with Gasteiger partial charge >= 0.3 is 0 Å². The fourth-order valence-corrected chi connectivity index (χ4v) is 2.13. The van der Waals surface area contributed by atoms with Gasteiger partial charge in [0, 0.05) is 18.5 Å². The van der Waals surface area contributed by atoms with Crippen molar-refractivity contribution < 1.29 is 4.42 Å². The fourth-order valence-electron chi connectivity index (χ4n) is 2.13. The first kappa shape index (κ1) is 12.2. The van der Waals surface area contributed by atoms with Crippen LogP contribution in [0.3, 0.4) is 0 Å². The molecule has 0 aliphatic carbocycles. The molecule has 0 saturated carbocycles. The first-order chi connectivity index (χ1) is 9.69. The summed E-state index contributed by atoms with van der Waals surface area (Å²) in [6.45, 7) is 1.77. The van der Waals surface area contributed by atoms with Gasteiger partial charge in [-0.05, 0) is 19.1 Å². The minimum absolute atomic E-state index is 0.354. The molecule has 1 aromatic carbocycles. The number of fused-ring (bicyclic) bond motifs is 1. The Kier molecular flexibility index (Phi) is 2.84. The van der Waals surface area contributed by atoms with Gasteiger partial charge in [-0.1, -0.05) is 12.1 Å². The maximum absolute atomic E-state index is 8.99. The Morgan fingerprint density at radius 3 is 2.85 bits per heavy atom. The van der Waals surface area contributed by atoms with Gasteiger partial charge in [-0.3, -0.25) is 0 Å². The lowest BCUT2D eigenvalue weighted by molar-refractivity contribution is 0.615. The largest absolute Gasteiger partial charge is 0.462 e. The number of nitriles is 1. The second-order valence-corrected chi connectivity index (χ2v) is 4.45. The zero-order valence-corrected chi connectivity index (χ0v) is 11.2. The molecule has 0 radical (unpaired) electrons. The van der Waals surface area contributed by atoms with Gasteiger partial charge in [0.15, 0.2) is 0 Å². The van der Waals surface area contributed by atoms with Crippen molar-refractivity contribution in [3.05, 3.63) is 48.1 Å². The van der Waals surface area contributed by atoms with Crippen LogP contribution in [0, 0.1) is 18.3 Å². The van der Waals surface area contributed by atoms with Crippen molar-refractivity contribution in [3.8, 4) is 6.07 Å². The number of rotatable bonds is 2. The third-order valence-corrected chi connectivity index (χ3v) is 3.10. The van der Waals surface area contributed by atoms with Crippen LogP contribution in [0.5, 0.6) is 0 Å². The van der Waals surface area contributed by atoms with Crippen LogP contribution < -0.4 is 4.90 Å². The number of aromatic nitrogens is 2. The molecular weight excluding hydrogens is 252 g/mol. The highest BCUT2D eigenvalue weighted by atomic mass is 16.3. The van der Waals surface area contributed by atoms with E-state index >= 15 is 0 Å². The molecule has 2 aromatic heterocycles. The van der Waals surface area contributed by atoms with E-state index in [0.717, 1.165) is 16.7 Å². The molecule has 0 fully saturated rings. The van der Waals surface area contributed by atoms with Gasteiger partial charge in [-0.25, -0.2) is 9.97 Å². The number of hydrogen-bond donors (Lipinski definition) is 0. The molecule has 2 heterocycles. The van der Waals surface area contributed by atoms with Gasteiger partial charge in [-0.15, -0.1) is 0 Å². The molecule has 3 rings (SSSR count). The molecule has 5 nitrogen and oxygen atoms in total. The van der Waals surface area contributed by atoms with Crippen LogP contribution in [0.15, 0.2) is 41.0 Å². The lowest BCUT2D eigenvalue weighted by Crippen LogP contribution is -2.12. The van der Waals surface area contributed by atoms with Crippen molar-refractivity contribution in [2.45, 2.75) is 6.92 Å². The Morgan fingerprint density at radius 2 is 2.05 bits per heavy atom. The molecule has 0 bridgehead atoms. The molecule has 5 heteroatoms. The number of hydrogen-bond acceptors (Lipinski definition) is 5. The van der Waals surface area contributed by atoms with Gasteiger partial charge in [0.2, 0.25) is 0 Å². The van der Waals surface area contributed by atoms with E-state index in [1.807, 2.05) is 42.3 Å². The average Bonchev–Trinajstić information content (AvgIpc) is 2.89. The minimum Gasteiger partial charge on any atom is -0.462 e. The van der Waals surface area contributed by atoms with Crippen molar-refractivity contribution >= 4 is 22.5 Å². The number of aryl methyl sites for hydroxylation is 1. The van der Waals surface area contributed by atoms with Crippen molar-refractivity contribution in [2.24, 2.45) is 0 Å². The summed E-state index contributed by atoms with van der Waals surface area (Å²) in [6, 6.07) is 11.5. The molecule has 20 heavy (non-hydrogen) atoms. The summed E-state index contributed by atoms with van der Waals surface area (Å²) in [6.07, 6.45) is 1.69. The zero-order chi connectivity index (χ0) is 14.1. The summed E-state index contributed by atoms with van der Waals surface area (Å²) in [5.41, 5.74) is 2.08. The number of furan rings is 1. The quantitative estimate of drug-likeness (QED) is 0.711. The monoisotopic (exact) mass is 264 g/mol. The van der Waals surface area contributed by atoms with Crippen LogP contribution in [0.25, 0.3) is 11.0 Å². The molecule has 0 spiro atoms. The molecule has 0 atom stereocenters. The molecule has 0 aliphatic rings. The van der Waals surface area contributed by atoms with Crippen molar-refractivity contribution in [3.63, 3.8) is 0 Å². The first-order valence-electron chi connectivity index (χ1n) is 6.15. The topological polar surface area (TPSA) is 66.0 Å². The van der Waals surface area contributed by atoms with Crippen LogP contribution in [0.1, 0.15) is 11.5 Å². The standard InChI is InChI=1S/C15H12N4O/c1-10-17-11(8-16)7-15(18-10)19(2)13-9-20-14-6-4-3-5-12(13)14/h3-7,9H,1-2H3. The SMILES string of the molecule is Cc1nc(C#N)cc(N(C)c2coc3ccccc23)n1. The van der Waals surface area contributed by atoms with Gasteiger partial charge in [0.1, 0.15) is 35.3 Å². The van der Waals surface area contributed by atoms with Gasteiger partial charge in [-0.2, -0.15) is 5.26 Å². The second-order valence-electron chi connectivity index (χ2n) is 4.45. The van der Waals surface area contributed by atoms with E-state index in [-0.39, 0.29) is 0 Å². The molecule has 0 N–H and O–H groups in total. The molecule has 0 amide bonds. The summed E-state index contributed by atoms with van der Waals surface area (Å²) in [4.78, 5) is 10.3. The zero-order valence-electron chi connectivity index (χ0n) is 11.2. The highest BCUT2D eigenvalue weighted by Gasteiger charge is 2.13. The number of para-hydroxylation sites is 1. The Hall–Kier alpha value is -2.87. The van der Waals surface area contributed by atoms with E-state index < -0.39 is 0 Å². The van der Waals surface area contributed by atoms with E-state index in [4.69, 9.17) is 9.68 Å². The van der Waals surface area contributed by atoms with Crippen LogP contribution in [-0.4, -0.2) is 17.0 Å². The van der Waals surface area contributed by atoms with Crippen molar-refractivity contribution in [1.29, 1.82) is 5.26 Å². The van der Waals surface area contributed by atoms with Crippen molar-refractivity contribution in [2.75, 3.05) is 11.9 Å². The second kappa shape index (κ2) is 4.67. The van der Waals surface area contributed by atoms with Crippen molar-refractivity contribution in [1.82, 2.24) is 9.97 Å². The van der Waals surface area contributed by atoms with E-state index in [0.29, 0.717) is 17.3 Å². The smallest absolute Gasteiger partial charge is 0.146 e. The number of anilines is 2. The maximum atomic E-state index is 8.99. The lowest BCUT2D eigenvalue weighted by Gasteiger charge is -2.17. The van der Waals surface area contributed by atoms with E-state index in [9.17, 15) is 0 Å². The minimum atomic E-state index is 0.354. The Labute approximate surface area is 116 Å². The predicted molar refractivity (Wildman–Crippen MR) is 75.8 cm³/mol. The maximum Gasteiger partial charge on any atom is 0.146 e. The van der Waals surface area contributed by atoms with Gasteiger partial charge in [0.05, 0.1) is 5.69 Å². The molecule has 98 valence electrons. The fraction of sp³-hybridized carbons (Fsp3) is 0.133. The highest BCUT2D eigenvalue weighted by molar-refractivity contribution is 5.92. The van der Waals surface area contributed by atoms with E-state index in [1.165, 1.54) is 0 Å². The van der Waals surface area contributed by atoms with E-state index in [2.05, 4.69) is 9.97 Å². The van der Waals surface area contributed by atoms with Crippen LogP contribution in [0.2, 0.25) is 0 Å². The van der Waals surface area contributed by atoms with Crippen LogP contribution in [0.4, 0.5) is 11.5 Å². The Balaban J connectivity index is 2.11. The molecule has 0 aliphatic heterocycles. The first-order valence-corrected chi connectivity index (χ1v) is 6.15. The molecule has 3 aromatic rings. The Morgan fingerprint density at radius 1 is 1.25 bits per heavy atom. The average molecular weight is 264 g/mol. The molecular formula is C15H12N4O. The normalized spacial score (nSPS) is 10.4. The summed E-state index contributed by atoms with van der Waals surface area (Å²) in [7, 11) is 1.89. The van der Waals surface area contributed by atoms with Crippen LogP contribution >= 0.6 is 0 Å². The number of nitrogens with zero attached hydrogens (tertiary/aromatic N) is 4.